The van der Waals surface area contributed by atoms with E-state index in [0.29, 0.717) is 0 Å². The molecule has 0 saturated heterocycles. The molecule has 0 unspecified atom stereocenters. The topological polar surface area (TPSA) is 57.4 Å². The van der Waals surface area contributed by atoms with Gasteiger partial charge in [0.05, 0.1) is 28.4 Å². The van der Waals surface area contributed by atoms with Gasteiger partial charge >= 0.3 is 0 Å². The standard InChI is InChI=1S/C14H10N4/c1-2-4-9(5-3-1)14-17-12-6-10-11(16-8-15-10)7-13(12)18-14/h1-8H,(H,15,16)(H,17,18). The monoisotopic (exact) mass is 234 g/mol. The van der Waals surface area contributed by atoms with Crippen LogP contribution in [0.1, 0.15) is 0 Å². The maximum absolute atomic E-state index is 4.60. The normalized spacial score (nSPS) is 11.3. The van der Waals surface area contributed by atoms with E-state index in [2.05, 4.69) is 19.9 Å². The molecule has 2 heterocycles. The van der Waals surface area contributed by atoms with Crippen molar-refractivity contribution in [3.8, 4) is 11.4 Å². The molecule has 0 fully saturated rings. The number of aromatic nitrogens is 4. The molecule has 0 radical (unpaired) electrons. The number of nitrogens with one attached hydrogen (secondary N) is 2. The Morgan fingerprint density at radius 3 is 2.67 bits per heavy atom. The number of rotatable bonds is 1. The Bertz CT molecular complexity index is 779. The SMILES string of the molecule is c1ccc(-c2nc3cc4nc[nH]c4cc3[nH]2)cc1. The average Bonchev–Trinajstić information content (AvgIpc) is 3.01. The summed E-state index contributed by atoms with van der Waals surface area (Å²) in [5.74, 6) is 0.887. The van der Waals surface area contributed by atoms with Crippen molar-refractivity contribution < 1.29 is 0 Å². The molecule has 18 heavy (non-hydrogen) atoms. The van der Waals surface area contributed by atoms with Gasteiger partial charge < -0.3 is 9.97 Å². The van der Waals surface area contributed by atoms with Crippen LogP contribution in [0.3, 0.4) is 0 Å². The summed E-state index contributed by atoms with van der Waals surface area (Å²) in [6, 6.07) is 14.1. The Balaban J connectivity index is 1.98. The number of hydrogen-bond acceptors (Lipinski definition) is 2. The third kappa shape index (κ3) is 1.32. The number of nitrogens with zero attached hydrogens (tertiary/aromatic N) is 2. The first-order chi connectivity index (χ1) is 8.90. The minimum atomic E-state index is 0.887. The Labute approximate surface area is 103 Å². The second-order valence-corrected chi connectivity index (χ2v) is 4.24. The first-order valence-electron chi connectivity index (χ1n) is 5.78. The number of imidazole rings is 2. The van der Waals surface area contributed by atoms with Gasteiger partial charge in [-0.3, -0.25) is 0 Å². The van der Waals surface area contributed by atoms with Crippen molar-refractivity contribution in [3.05, 3.63) is 48.8 Å². The largest absolute Gasteiger partial charge is 0.345 e. The van der Waals surface area contributed by atoms with E-state index in [1.807, 2.05) is 42.5 Å². The Kier molecular flexibility index (Phi) is 1.80. The Morgan fingerprint density at radius 1 is 0.889 bits per heavy atom. The molecule has 0 saturated carbocycles. The molecule has 0 spiro atoms. The maximum atomic E-state index is 4.60. The highest BCUT2D eigenvalue weighted by Crippen LogP contribution is 2.23. The number of hydrogen-bond donors (Lipinski definition) is 2. The van der Waals surface area contributed by atoms with Crippen molar-refractivity contribution >= 4 is 22.1 Å². The molecule has 0 atom stereocenters. The smallest absolute Gasteiger partial charge is 0.138 e. The fraction of sp³-hybridized carbons (Fsp3) is 0. The summed E-state index contributed by atoms with van der Waals surface area (Å²) in [6.45, 7) is 0. The third-order valence-electron chi connectivity index (χ3n) is 3.07. The summed E-state index contributed by atoms with van der Waals surface area (Å²) in [4.78, 5) is 15.3. The molecule has 0 aliphatic carbocycles. The van der Waals surface area contributed by atoms with Crippen molar-refractivity contribution in [2.75, 3.05) is 0 Å². The lowest BCUT2D eigenvalue weighted by Crippen LogP contribution is -1.77. The second kappa shape index (κ2) is 3.43. The molecule has 0 bridgehead atoms. The second-order valence-electron chi connectivity index (χ2n) is 4.24. The molecule has 4 rings (SSSR count). The summed E-state index contributed by atoms with van der Waals surface area (Å²) < 4.78 is 0. The van der Waals surface area contributed by atoms with Crippen molar-refractivity contribution in [2.45, 2.75) is 0 Å². The summed E-state index contributed by atoms with van der Waals surface area (Å²) in [6.07, 6.45) is 1.70. The summed E-state index contributed by atoms with van der Waals surface area (Å²) in [7, 11) is 0. The van der Waals surface area contributed by atoms with Gasteiger partial charge in [-0.1, -0.05) is 30.3 Å². The van der Waals surface area contributed by atoms with Crippen LogP contribution in [0.2, 0.25) is 0 Å². The van der Waals surface area contributed by atoms with E-state index in [0.717, 1.165) is 33.5 Å². The summed E-state index contributed by atoms with van der Waals surface area (Å²) in [5.41, 5.74) is 5.00. The lowest BCUT2D eigenvalue weighted by Gasteiger charge is -1.93. The van der Waals surface area contributed by atoms with Gasteiger partial charge in [0, 0.05) is 5.56 Å². The zero-order valence-electron chi connectivity index (χ0n) is 9.51. The van der Waals surface area contributed by atoms with Gasteiger partial charge in [0.15, 0.2) is 0 Å². The van der Waals surface area contributed by atoms with Crippen LogP contribution in [0.5, 0.6) is 0 Å². The van der Waals surface area contributed by atoms with E-state index in [-0.39, 0.29) is 0 Å². The van der Waals surface area contributed by atoms with Crippen LogP contribution in [-0.2, 0) is 0 Å². The van der Waals surface area contributed by atoms with Crippen molar-refractivity contribution in [3.63, 3.8) is 0 Å². The van der Waals surface area contributed by atoms with Crippen molar-refractivity contribution in [2.24, 2.45) is 0 Å². The van der Waals surface area contributed by atoms with Gasteiger partial charge in [-0.05, 0) is 12.1 Å². The lowest BCUT2D eigenvalue weighted by atomic mass is 10.2. The van der Waals surface area contributed by atoms with E-state index < -0.39 is 0 Å². The van der Waals surface area contributed by atoms with Gasteiger partial charge in [-0.15, -0.1) is 0 Å². The molecule has 2 aromatic carbocycles. The van der Waals surface area contributed by atoms with E-state index in [9.17, 15) is 0 Å². The van der Waals surface area contributed by atoms with E-state index in [1.165, 1.54) is 0 Å². The molecule has 2 aromatic heterocycles. The van der Waals surface area contributed by atoms with Gasteiger partial charge in [0.25, 0.3) is 0 Å². The van der Waals surface area contributed by atoms with E-state index in [4.69, 9.17) is 0 Å². The molecule has 86 valence electrons. The Hall–Kier alpha value is -2.62. The average molecular weight is 234 g/mol. The third-order valence-corrected chi connectivity index (χ3v) is 3.07. The predicted molar refractivity (Wildman–Crippen MR) is 71.2 cm³/mol. The van der Waals surface area contributed by atoms with Crippen molar-refractivity contribution in [1.82, 2.24) is 19.9 Å². The van der Waals surface area contributed by atoms with Crippen LogP contribution in [0, 0.1) is 0 Å². The molecule has 4 heteroatoms. The lowest BCUT2D eigenvalue weighted by molar-refractivity contribution is 1.33. The molecule has 2 N–H and O–H groups in total. The number of H-pyrrole nitrogens is 2. The van der Waals surface area contributed by atoms with Gasteiger partial charge in [-0.2, -0.15) is 0 Å². The van der Waals surface area contributed by atoms with Crippen molar-refractivity contribution in [1.29, 1.82) is 0 Å². The highest BCUT2D eigenvalue weighted by atomic mass is 14.9. The number of benzene rings is 2. The minimum absolute atomic E-state index is 0.887. The Morgan fingerprint density at radius 2 is 1.78 bits per heavy atom. The first kappa shape index (κ1) is 9.41. The summed E-state index contributed by atoms with van der Waals surface area (Å²) >= 11 is 0. The number of aromatic amines is 2. The van der Waals surface area contributed by atoms with Gasteiger partial charge in [0.2, 0.25) is 0 Å². The molecular weight excluding hydrogens is 224 g/mol. The van der Waals surface area contributed by atoms with Gasteiger partial charge in [-0.25, -0.2) is 9.97 Å². The fourth-order valence-corrected chi connectivity index (χ4v) is 2.17. The van der Waals surface area contributed by atoms with Crippen LogP contribution in [0.25, 0.3) is 33.5 Å². The first-order valence-corrected chi connectivity index (χ1v) is 5.78. The number of fused-ring (bicyclic) bond motifs is 2. The van der Waals surface area contributed by atoms with Crippen LogP contribution >= 0.6 is 0 Å². The quantitative estimate of drug-likeness (QED) is 0.531. The molecule has 4 nitrogen and oxygen atoms in total. The molecule has 0 aliphatic heterocycles. The minimum Gasteiger partial charge on any atom is -0.345 e. The van der Waals surface area contributed by atoms with Crippen LogP contribution in [-0.4, -0.2) is 19.9 Å². The highest BCUT2D eigenvalue weighted by Gasteiger charge is 2.06. The maximum Gasteiger partial charge on any atom is 0.138 e. The zero-order chi connectivity index (χ0) is 11.9. The van der Waals surface area contributed by atoms with Crippen LogP contribution < -0.4 is 0 Å². The molecule has 0 amide bonds. The van der Waals surface area contributed by atoms with E-state index in [1.54, 1.807) is 6.33 Å². The predicted octanol–water partition coefficient (Wildman–Crippen LogP) is 3.11. The highest BCUT2D eigenvalue weighted by molar-refractivity contribution is 5.92. The van der Waals surface area contributed by atoms with Crippen LogP contribution in [0.4, 0.5) is 0 Å². The summed E-state index contributed by atoms with van der Waals surface area (Å²) in [5, 5.41) is 0. The fourth-order valence-electron chi connectivity index (χ4n) is 2.17. The van der Waals surface area contributed by atoms with Crippen LogP contribution in [0.15, 0.2) is 48.8 Å². The van der Waals surface area contributed by atoms with Gasteiger partial charge in [0.1, 0.15) is 5.82 Å². The molecular formula is C14H10N4. The molecule has 4 aromatic rings. The molecule has 0 aliphatic rings. The zero-order valence-corrected chi connectivity index (χ0v) is 9.51. The van der Waals surface area contributed by atoms with E-state index >= 15 is 0 Å².